The van der Waals surface area contributed by atoms with Crippen LogP contribution in [0.15, 0.2) is 103 Å². The standard InChI is InChI=1S/C24H21NO3.C21H19FN2O2.CH4/c1-5-17-11-12-20-19(14-17)24(18-9-7-6-8-10-18)22(16(3)23(27)25(20)4)21(26)13-15(2)28-24;1-4-15-9-10-19-17(13-15)21(16-7-5-6-8-18(16)22)24(11-12-26-21)14(2)20(25)23(19)3;/h1,6-14,16,22H,2-4H3;1,5-10,13-14H,11-12H2,2-3H3;1H4. The molecular formula is C46H44FN3O5. The first-order chi connectivity index (χ1) is 25.9. The molecule has 4 aromatic carbocycles. The number of anilines is 2. The summed E-state index contributed by atoms with van der Waals surface area (Å²) in [6.07, 6.45) is 12.8. The molecule has 0 spiro atoms. The van der Waals surface area contributed by atoms with E-state index in [2.05, 4.69) is 11.8 Å². The number of carbonyl (C=O) groups is 3. The van der Waals surface area contributed by atoms with Crippen molar-refractivity contribution in [2.75, 3.05) is 37.0 Å². The van der Waals surface area contributed by atoms with Gasteiger partial charge in [-0.25, -0.2) is 4.39 Å². The van der Waals surface area contributed by atoms with E-state index >= 15 is 0 Å². The van der Waals surface area contributed by atoms with Crippen LogP contribution in [-0.2, 0) is 35.2 Å². The van der Waals surface area contributed by atoms with Crippen LogP contribution in [0.3, 0.4) is 0 Å². The van der Waals surface area contributed by atoms with Gasteiger partial charge in [-0.05, 0) is 56.3 Å². The van der Waals surface area contributed by atoms with Gasteiger partial charge in [-0.3, -0.25) is 19.3 Å². The topological polar surface area (TPSA) is 79.4 Å². The molecular weight excluding hydrogens is 694 g/mol. The third kappa shape index (κ3) is 5.92. The number of halogens is 1. The molecule has 9 heteroatoms. The Bertz CT molecular complexity index is 2310. The fourth-order valence-electron chi connectivity index (χ4n) is 8.59. The van der Waals surface area contributed by atoms with Crippen LogP contribution in [0.4, 0.5) is 15.8 Å². The molecule has 280 valence electrons. The first-order valence-electron chi connectivity index (χ1n) is 17.8. The Hall–Kier alpha value is -6.00. The highest BCUT2D eigenvalue weighted by molar-refractivity contribution is 6.04. The number of carbonyl (C=O) groups excluding carboxylic acids is 3. The lowest BCUT2D eigenvalue weighted by molar-refractivity contribution is -0.141. The van der Waals surface area contributed by atoms with E-state index in [4.69, 9.17) is 22.3 Å². The Morgan fingerprint density at radius 1 is 0.782 bits per heavy atom. The number of fused-ring (bicyclic) bond motifs is 6. The largest absolute Gasteiger partial charge is 0.481 e. The van der Waals surface area contributed by atoms with Gasteiger partial charge in [-0.1, -0.05) is 74.7 Å². The van der Waals surface area contributed by atoms with E-state index in [1.165, 1.54) is 12.1 Å². The van der Waals surface area contributed by atoms with Gasteiger partial charge in [0.05, 0.1) is 41.6 Å². The first kappa shape index (κ1) is 38.7. The minimum Gasteiger partial charge on any atom is -0.481 e. The zero-order chi connectivity index (χ0) is 38.5. The van der Waals surface area contributed by atoms with E-state index in [1.807, 2.05) is 66.4 Å². The van der Waals surface area contributed by atoms with Gasteiger partial charge in [0, 0.05) is 60.1 Å². The fourth-order valence-corrected chi connectivity index (χ4v) is 8.59. The maximum atomic E-state index is 14.9. The number of hydrogen-bond donors (Lipinski definition) is 0. The molecule has 1 saturated heterocycles. The lowest BCUT2D eigenvalue weighted by atomic mass is 9.67. The summed E-state index contributed by atoms with van der Waals surface area (Å²) in [6.45, 7) is 6.32. The quantitative estimate of drug-likeness (QED) is 0.207. The summed E-state index contributed by atoms with van der Waals surface area (Å²) in [4.78, 5) is 44.5. The van der Waals surface area contributed by atoms with Crippen LogP contribution < -0.4 is 9.80 Å². The Morgan fingerprint density at radius 3 is 2.00 bits per heavy atom. The van der Waals surface area contributed by atoms with Crippen LogP contribution in [0.5, 0.6) is 0 Å². The summed E-state index contributed by atoms with van der Waals surface area (Å²) in [5.41, 5.74) is 3.03. The zero-order valence-corrected chi connectivity index (χ0v) is 30.8. The van der Waals surface area contributed by atoms with Crippen molar-refractivity contribution >= 4 is 29.0 Å². The van der Waals surface area contributed by atoms with Crippen molar-refractivity contribution in [1.29, 1.82) is 0 Å². The second kappa shape index (κ2) is 14.7. The highest BCUT2D eigenvalue weighted by Gasteiger charge is 2.58. The second-order valence-corrected chi connectivity index (χ2v) is 14.0. The molecule has 2 amide bonds. The lowest BCUT2D eigenvalue weighted by Crippen LogP contribution is -2.51. The predicted octanol–water partition coefficient (Wildman–Crippen LogP) is 6.98. The predicted molar refractivity (Wildman–Crippen MR) is 211 cm³/mol. The number of ketones is 1. The third-order valence-electron chi connectivity index (χ3n) is 11.1. The molecule has 0 bridgehead atoms. The number of terminal acetylenes is 2. The van der Waals surface area contributed by atoms with Gasteiger partial charge in [-0.15, -0.1) is 12.8 Å². The minimum absolute atomic E-state index is 0. The number of nitrogens with zero attached hydrogens (tertiary/aromatic N) is 3. The number of likely N-dealkylation sites (N-methyl/N-ethyl adjacent to an activating group) is 1. The molecule has 8 rings (SSSR count). The van der Waals surface area contributed by atoms with Crippen molar-refractivity contribution in [2.45, 2.75) is 45.6 Å². The van der Waals surface area contributed by atoms with Crippen molar-refractivity contribution in [3.8, 4) is 24.7 Å². The molecule has 8 nitrogen and oxygen atoms in total. The van der Waals surface area contributed by atoms with Crippen LogP contribution in [-0.4, -0.2) is 55.8 Å². The molecule has 55 heavy (non-hydrogen) atoms. The van der Waals surface area contributed by atoms with Crippen LogP contribution in [0.25, 0.3) is 0 Å². The Kier molecular flexibility index (Phi) is 10.3. The lowest BCUT2D eigenvalue weighted by Gasteiger charge is -2.44. The van der Waals surface area contributed by atoms with Gasteiger partial charge in [0.15, 0.2) is 17.1 Å². The van der Waals surface area contributed by atoms with E-state index in [1.54, 1.807) is 68.1 Å². The molecule has 0 aromatic heterocycles. The van der Waals surface area contributed by atoms with Gasteiger partial charge in [0.1, 0.15) is 5.82 Å². The number of rotatable bonds is 2. The molecule has 4 aromatic rings. The van der Waals surface area contributed by atoms with Gasteiger partial charge < -0.3 is 19.3 Å². The number of allylic oxidation sites excluding steroid dienone is 2. The summed E-state index contributed by atoms with van der Waals surface area (Å²) in [5, 5.41) is 0. The molecule has 4 aliphatic rings. The van der Waals surface area contributed by atoms with Crippen molar-refractivity contribution in [1.82, 2.24) is 4.90 Å². The molecule has 5 atom stereocenters. The van der Waals surface area contributed by atoms with E-state index in [0.29, 0.717) is 52.5 Å². The summed E-state index contributed by atoms with van der Waals surface area (Å²) < 4.78 is 27.6. The first-order valence-corrected chi connectivity index (χ1v) is 17.8. The van der Waals surface area contributed by atoms with Crippen molar-refractivity contribution in [3.05, 3.63) is 142 Å². The van der Waals surface area contributed by atoms with Crippen LogP contribution >= 0.6 is 0 Å². The molecule has 4 heterocycles. The van der Waals surface area contributed by atoms with E-state index < -0.39 is 29.2 Å². The van der Waals surface area contributed by atoms with Gasteiger partial charge >= 0.3 is 0 Å². The average molecular weight is 738 g/mol. The van der Waals surface area contributed by atoms with E-state index in [9.17, 15) is 18.8 Å². The summed E-state index contributed by atoms with van der Waals surface area (Å²) in [7, 11) is 3.46. The second-order valence-electron chi connectivity index (χ2n) is 14.0. The Labute approximate surface area is 322 Å². The average Bonchev–Trinajstić information content (AvgIpc) is 3.60. The molecule has 1 fully saturated rings. The molecule has 5 unspecified atom stereocenters. The Balaban J connectivity index is 0.000000184. The Morgan fingerprint density at radius 2 is 1.36 bits per heavy atom. The molecule has 4 aliphatic heterocycles. The third-order valence-corrected chi connectivity index (χ3v) is 11.1. The van der Waals surface area contributed by atoms with Crippen LogP contribution in [0, 0.1) is 42.3 Å². The van der Waals surface area contributed by atoms with Crippen LogP contribution in [0.1, 0.15) is 61.6 Å². The van der Waals surface area contributed by atoms with Crippen molar-refractivity contribution in [3.63, 3.8) is 0 Å². The van der Waals surface area contributed by atoms with Crippen molar-refractivity contribution in [2.24, 2.45) is 11.8 Å². The van der Waals surface area contributed by atoms with E-state index in [0.717, 1.165) is 11.1 Å². The van der Waals surface area contributed by atoms with Crippen molar-refractivity contribution < 1.29 is 28.2 Å². The minimum atomic E-state index is -1.19. The number of benzene rings is 4. The molecule has 0 radical (unpaired) electrons. The van der Waals surface area contributed by atoms with Gasteiger partial charge in [-0.2, -0.15) is 0 Å². The zero-order valence-electron chi connectivity index (χ0n) is 30.8. The summed E-state index contributed by atoms with van der Waals surface area (Å²) in [6, 6.07) is 26.6. The maximum Gasteiger partial charge on any atom is 0.243 e. The fraction of sp³-hybridized carbons (Fsp3) is 0.283. The van der Waals surface area contributed by atoms with Crippen LogP contribution in [0.2, 0.25) is 0 Å². The molecule has 0 saturated carbocycles. The maximum absolute atomic E-state index is 14.9. The molecule has 0 aliphatic carbocycles. The highest BCUT2D eigenvalue weighted by Crippen LogP contribution is 2.53. The normalized spacial score (nSPS) is 25.4. The van der Waals surface area contributed by atoms with Gasteiger partial charge in [0.25, 0.3) is 0 Å². The number of amides is 2. The summed E-state index contributed by atoms with van der Waals surface area (Å²) in [5.74, 6) is 3.88. The monoisotopic (exact) mass is 737 g/mol. The van der Waals surface area contributed by atoms with Gasteiger partial charge in [0.2, 0.25) is 11.8 Å². The SMILES string of the molecule is C.C#Cc1ccc2c(c1)C1(c3ccccc3)OC(C)=CC(=O)C1C(C)C(=O)N2C.C#Cc1ccc2c(c1)C1(c3ccccc3F)OCCN1C(C)C(=O)N2C. The molecule has 0 N–H and O–H groups in total. The number of ether oxygens (including phenoxy) is 2. The summed E-state index contributed by atoms with van der Waals surface area (Å²) >= 11 is 0. The highest BCUT2D eigenvalue weighted by atomic mass is 19.1. The smallest absolute Gasteiger partial charge is 0.243 e. The van der Waals surface area contributed by atoms with E-state index in [-0.39, 0.29) is 30.8 Å². The number of hydrogen-bond acceptors (Lipinski definition) is 6.